The molecule has 4 nitrogen and oxygen atoms in total. The lowest BCUT2D eigenvalue weighted by Gasteiger charge is -1.99. The predicted molar refractivity (Wildman–Crippen MR) is 68.1 cm³/mol. The normalized spacial score (nSPS) is 16.0. The number of hydrogen-bond donors (Lipinski definition) is 3. The molecule has 0 radical (unpaired) electrons. The van der Waals surface area contributed by atoms with Gasteiger partial charge in [-0.2, -0.15) is 0 Å². The Hall–Kier alpha value is -2.49. The molecule has 0 atom stereocenters. The molecular formula is C13H11N3O. The largest absolute Gasteiger partial charge is 0.399 e. The number of rotatable bonds is 1. The Balaban J connectivity index is 2.11. The summed E-state index contributed by atoms with van der Waals surface area (Å²) in [7, 11) is 0. The van der Waals surface area contributed by atoms with Gasteiger partial charge >= 0.3 is 0 Å². The molecule has 0 unspecified atom stereocenters. The lowest BCUT2D eigenvalue weighted by atomic mass is 10.1. The molecule has 4 heteroatoms. The van der Waals surface area contributed by atoms with Crippen LogP contribution in [0.5, 0.6) is 0 Å². The standard InChI is InChI=1S/C13H11N3O/c14-8-3-4-10-11(7-9-2-1-5-15-9)13(17)16-12(10)6-8/h1-7,15H,14H2,(H,16,17)/b11-7-. The van der Waals surface area contributed by atoms with E-state index < -0.39 is 0 Å². The number of nitrogens with two attached hydrogens (primary N) is 1. The fraction of sp³-hybridized carbons (Fsp3) is 0. The average Bonchev–Trinajstić information content (AvgIpc) is 2.88. The van der Waals surface area contributed by atoms with E-state index in [9.17, 15) is 4.79 Å². The fourth-order valence-corrected chi connectivity index (χ4v) is 1.94. The monoisotopic (exact) mass is 225 g/mol. The van der Waals surface area contributed by atoms with E-state index >= 15 is 0 Å². The maximum atomic E-state index is 11.8. The van der Waals surface area contributed by atoms with Gasteiger partial charge in [-0.15, -0.1) is 0 Å². The molecule has 1 aliphatic rings. The highest BCUT2D eigenvalue weighted by Gasteiger charge is 2.23. The van der Waals surface area contributed by atoms with E-state index in [1.165, 1.54) is 0 Å². The van der Waals surface area contributed by atoms with Gasteiger partial charge in [0.15, 0.2) is 0 Å². The molecule has 3 rings (SSSR count). The molecule has 0 saturated heterocycles. The second-order valence-electron chi connectivity index (χ2n) is 3.94. The second-order valence-corrected chi connectivity index (χ2v) is 3.94. The van der Waals surface area contributed by atoms with Crippen molar-refractivity contribution < 1.29 is 4.79 Å². The summed E-state index contributed by atoms with van der Waals surface area (Å²) in [6.07, 6.45) is 3.65. The number of carbonyl (C=O) groups is 1. The fourth-order valence-electron chi connectivity index (χ4n) is 1.94. The Morgan fingerprint density at radius 2 is 2.12 bits per heavy atom. The predicted octanol–water partition coefficient (Wildman–Crippen LogP) is 2.09. The molecular weight excluding hydrogens is 214 g/mol. The molecule has 2 aromatic rings. The summed E-state index contributed by atoms with van der Waals surface area (Å²) in [5.41, 5.74) is 9.54. The first-order chi connectivity index (χ1) is 8.24. The van der Waals surface area contributed by atoms with E-state index in [-0.39, 0.29) is 5.91 Å². The maximum Gasteiger partial charge on any atom is 0.256 e. The Bertz CT molecular complexity index is 612. The van der Waals surface area contributed by atoms with Crippen molar-refractivity contribution >= 4 is 28.9 Å². The summed E-state index contributed by atoms with van der Waals surface area (Å²) >= 11 is 0. The number of amides is 1. The molecule has 1 aromatic carbocycles. The van der Waals surface area contributed by atoms with Gasteiger partial charge in [-0.05, 0) is 30.3 Å². The molecule has 84 valence electrons. The van der Waals surface area contributed by atoms with E-state index in [0.29, 0.717) is 11.3 Å². The van der Waals surface area contributed by atoms with Crippen LogP contribution >= 0.6 is 0 Å². The van der Waals surface area contributed by atoms with Crippen LogP contribution in [-0.4, -0.2) is 10.9 Å². The van der Waals surface area contributed by atoms with Crippen molar-refractivity contribution in [2.75, 3.05) is 11.1 Å². The van der Waals surface area contributed by atoms with Crippen molar-refractivity contribution in [1.29, 1.82) is 0 Å². The SMILES string of the molecule is Nc1ccc2c(c1)NC(=O)/C2=C\c1ccc[nH]1. The zero-order valence-electron chi connectivity index (χ0n) is 9.03. The van der Waals surface area contributed by atoms with E-state index in [2.05, 4.69) is 10.3 Å². The second kappa shape index (κ2) is 3.52. The summed E-state index contributed by atoms with van der Waals surface area (Å²) in [5, 5.41) is 2.80. The third-order valence-corrected chi connectivity index (χ3v) is 2.75. The number of nitrogen functional groups attached to an aromatic ring is 1. The number of anilines is 2. The summed E-state index contributed by atoms with van der Waals surface area (Å²) in [6.45, 7) is 0. The van der Waals surface area contributed by atoms with Crippen molar-refractivity contribution in [2.24, 2.45) is 0 Å². The Morgan fingerprint density at radius 3 is 2.88 bits per heavy atom. The summed E-state index contributed by atoms with van der Waals surface area (Å²) in [5.74, 6) is -0.0970. The van der Waals surface area contributed by atoms with Gasteiger partial charge in [0.1, 0.15) is 0 Å². The van der Waals surface area contributed by atoms with Crippen LogP contribution in [0.2, 0.25) is 0 Å². The number of carbonyl (C=O) groups excluding carboxylic acids is 1. The number of aromatic nitrogens is 1. The van der Waals surface area contributed by atoms with Gasteiger partial charge in [0, 0.05) is 23.1 Å². The minimum Gasteiger partial charge on any atom is -0.399 e. The van der Waals surface area contributed by atoms with Crippen LogP contribution in [0, 0.1) is 0 Å². The Labute approximate surface area is 98.1 Å². The minimum atomic E-state index is -0.0970. The molecule has 0 saturated carbocycles. The first-order valence-electron chi connectivity index (χ1n) is 5.30. The summed E-state index contributed by atoms with van der Waals surface area (Å²) < 4.78 is 0. The van der Waals surface area contributed by atoms with Gasteiger partial charge in [0.25, 0.3) is 5.91 Å². The minimum absolute atomic E-state index is 0.0970. The van der Waals surface area contributed by atoms with E-state index in [4.69, 9.17) is 5.73 Å². The van der Waals surface area contributed by atoms with Gasteiger partial charge in [0.2, 0.25) is 0 Å². The quantitative estimate of drug-likeness (QED) is 0.513. The van der Waals surface area contributed by atoms with Gasteiger partial charge in [-0.25, -0.2) is 0 Å². The zero-order chi connectivity index (χ0) is 11.8. The molecule has 17 heavy (non-hydrogen) atoms. The van der Waals surface area contributed by atoms with Crippen LogP contribution in [0.1, 0.15) is 11.3 Å². The molecule has 4 N–H and O–H groups in total. The number of nitrogens with one attached hydrogen (secondary N) is 2. The Morgan fingerprint density at radius 1 is 1.24 bits per heavy atom. The first-order valence-corrected chi connectivity index (χ1v) is 5.30. The smallest absolute Gasteiger partial charge is 0.256 e. The van der Waals surface area contributed by atoms with Gasteiger partial charge in [-0.1, -0.05) is 6.07 Å². The van der Waals surface area contributed by atoms with E-state index in [1.54, 1.807) is 12.1 Å². The number of benzene rings is 1. The molecule has 1 aliphatic heterocycles. The molecule has 0 spiro atoms. The lowest BCUT2D eigenvalue weighted by Crippen LogP contribution is -2.03. The van der Waals surface area contributed by atoms with Crippen molar-refractivity contribution in [1.82, 2.24) is 4.98 Å². The number of fused-ring (bicyclic) bond motifs is 1. The molecule has 0 fully saturated rings. The average molecular weight is 225 g/mol. The van der Waals surface area contributed by atoms with Gasteiger partial charge in [0.05, 0.1) is 11.3 Å². The number of aromatic amines is 1. The zero-order valence-corrected chi connectivity index (χ0v) is 9.03. The van der Waals surface area contributed by atoms with E-state index in [1.807, 2.05) is 30.5 Å². The third-order valence-electron chi connectivity index (χ3n) is 2.75. The topological polar surface area (TPSA) is 70.9 Å². The summed E-state index contributed by atoms with van der Waals surface area (Å²) in [6, 6.07) is 9.22. The maximum absolute atomic E-state index is 11.8. The van der Waals surface area contributed by atoms with Crippen LogP contribution in [0.4, 0.5) is 11.4 Å². The molecule has 0 aliphatic carbocycles. The molecule has 0 bridgehead atoms. The first kappa shape index (κ1) is 9.72. The highest BCUT2D eigenvalue weighted by molar-refractivity contribution is 6.34. The van der Waals surface area contributed by atoms with Crippen molar-refractivity contribution in [2.45, 2.75) is 0 Å². The highest BCUT2D eigenvalue weighted by atomic mass is 16.2. The van der Waals surface area contributed by atoms with Gasteiger partial charge in [-0.3, -0.25) is 4.79 Å². The molecule has 1 aromatic heterocycles. The van der Waals surface area contributed by atoms with Crippen molar-refractivity contribution in [3.63, 3.8) is 0 Å². The molecule has 1 amide bonds. The van der Waals surface area contributed by atoms with Crippen molar-refractivity contribution in [3.8, 4) is 0 Å². The number of hydrogen-bond acceptors (Lipinski definition) is 2. The number of H-pyrrole nitrogens is 1. The van der Waals surface area contributed by atoms with Gasteiger partial charge < -0.3 is 16.0 Å². The van der Waals surface area contributed by atoms with Crippen LogP contribution < -0.4 is 11.1 Å². The molecule has 2 heterocycles. The van der Waals surface area contributed by atoms with Crippen LogP contribution in [0.25, 0.3) is 11.6 Å². The van der Waals surface area contributed by atoms with Crippen LogP contribution in [0.3, 0.4) is 0 Å². The van der Waals surface area contributed by atoms with E-state index in [0.717, 1.165) is 16.9 Å². The van der Waals surface area contributed by atoms with Crippen LogP contribution in [0.15, 0.2) is 36.5 Å². The lowest BCUT2D eigenvalue weighted by molar-refractivity contribution is -0.110. The third kappa shape index (κ3) is 1.59. The van der Waals surface area contributed by atoms with Crippen molar-refractivity contribution in [3.05, 3.63) is 47.8 Å². The summed E-state index contributed by atoms with van der Waals surface area (Å²) in [4.78, 5) is 14.9. The highest BCUT2D eigenvalue weighted by Crippen LogP contribution is 2.34. The Kier molecular flexibility index (Phi) is 2.01. The van der Waals surface area contributed by atoms with Crippen LogP contribution in [-0.2, 0) is 4.79 Å².